The van der Waals surface area contributed by atoms with Gasteiger partial charge in [0.25, 0.3) is 0 Å². The molecule has 0 atom stereocenters. The van der Waals surface area contributed by atoms with Gasteiger partial charge in [0.15, 0.2) is 0 Å². The van der Waals surface area contributed by atoms with Gasteiger partial charge in [0, 0.05) is 20.2 Å². The maximum atomic E-state index is 8.45. The molecule has 0 amide bonds. The lowest BCUT2D eigenvalue weighted by molar-refractivity contribution is 1.63. The molecule has 1 heteroatoms. The highest BCUT2D eigenvalue weighted by molar-refractivity contribution is 7.25. The Morgan fingerprint density at radius 1 is 0.372 bits per heavy atom. The van der Waals surface area contributed by atoms with Gasteiger partial charge >= 0.3 is 0 Å². The number of rotatable bonds is 3. The molecule has 0 fully saturated rings. The molecule has 0 bridgehead atoms. The van der Waals surface area contributed by atoms with Gasteiger partial charge in [-0.2, -0.15) is 0 Å². The molecular weight excluding hydrogens is 537 g/mol. The maximum Gasteiger partial charge on any atom is 0.0638 e. The Morgan fingerprint density at radius 2 is 1.00 bits per heavy atom. The van der Waals surface area contributed by atoms with E-state index >= 15 is 0 Å². The number of benzene rings is 8. The first-order valence-electron chi connectivity index (χ1n) is 15.6. The maximum absolute atomic E-state index is 8.45. The molecule has 0 aliphatic rings. The zero-order valence-electron chi connectivity index (χ0n) is 25.3. The Kier molecular flexibility index (Phi) is 5.03. The number of hydrogen-bond acceptors (Lipinski definition) is 1. The van der Waals surface area contributed by atoms with Crippen LogP contribution in [0.4, 0.5) is 0 Å². The first-order valence-corrected chi connectivity index (χ1v) is 15.4. The molecule has 0 unspecified atom stereocenters. The molecule has 0 aliphatic carbocycles. The van der Waals surface area contributed by atoms with E-state index in [2.05, 4.69) is 115 Å². The highest BCUT2D eigenvalue weighted by atomic mass is 32.1. The van der Waals surface area contributed by atoms with Gasteiger partial charge in [-0.3, -0.25) is 0 Å². The quantitative estimate of drug-likeness (QED) is 0.187. The topological polar surface area (TPSA) is 0 Å². The SMILES string of the molecule is [2H]c1ccc2cc(-c3cccc(-c4c5ccccc5c(-c5ccc6sc7c([2H])cccc7c6c5)c5ccccc45)c3)ccc2c1. The third kappa shape index (κ3) is 3.90. The van der Waals surface area contributed by atoms with Crippen molar-refractivity contribution in [2.24, 2.45) is 0 Å². The summed E-state index contributed by atoms with van der Waals surface area (Å²) in [5.74, 6) is 0. The van der Waals surface area contributed by atoms with Crippen molar-refractivity contribution in [1.29, 1.82) is 0 Å². The third-order valence-corrected chi connectivity index (χ3v) is 9.81. The van der Waals surface area contributed by atoms with Gasteiger partial charge in [-0.05, 0) is 96.0 Å². The lowest BCUT2D eigenvalue weighted by Crippen LogP contribution is -1.91. The number of thiophene rings is 1. The smallest absolute Gasteiger partial charge is 0.0638 e. The summed E-state index contributed by atoms with van der Waals surface area (Å²) in [6.45, 7) is 0. The molecule has 0 saturated carbocycles. The van der Waals surface area contributed by atoms with E-state index in [4.69, 9.17) is 2.74 Å². The van der Waals surface area contributed by atoms with Gasteiger partial charge < -0.3 is 0 Å². The van der Waals surface area contributed by atoms with E-state index in [1.54, 1.807) is 11.3 Å². The van der Waals surface area contributed by atoms with Crippen molar-refractivity contribution in [3.8, 4) is 33.4 Å². The minimum Gasteiger partial charge on any atom is -0.135 e. The van der Waals surface area contributed by atoms with Crippen LogP contribution in [0, 0.1) is 0 Å². The molecule has 0 aliphatic heterocycles. The van der Waals surface area contributed by atoms with Gasteiger partial charge in [-0.15, -0.1) is 11.3 Å². The summed E-state index contributed by atoms with van der Waals surface area (Å²) in [5.41, 5.74) is 7.21. The van der Waals surface area contributed by atoms with Crippen molar-refractivity contribution in [1.82, 2.24) is 0 Å². The largest absolute Gasteiger partial charge is 0.135 e. The molecule has 0 radical (unpaired) electrons. The molecule has 43 heavy (non-hydrogen) atoms. The average molecular weight is 565 g/mol. The summed E-state index contributed by atoms with van der Waals surface area (Å²) < 4.78 is 18.7. The van der Waals surface area contributed by atoms with Crippen LogP contribution in [0.3, 0.4) is 0 Å². The van der Waals surface area contributed by atoms with Crippen LogP contribution >= 0.6 is 11.3 Å². The summed E-state index contributed by atoms with van der Waals surface area (Å²) in [7, 11) is 0. The second-order valence-corrected chi connectivity index (χ2v) is 12.2. The average Bonchev–Trinajstić information content (AvgIpc) is 3.46. The van der Waals surface area contributed by atoms with Crippen LogP contribution in [-0.2, 0) is 0 Å². The van der Waals surface area contributed by atoms with Crippen molar-refractivity contribution >= 4 is 63.8 Å². The summed E-state index contributed by atoms with van der Waals surface area (Å²) in [5, 5.41) is 9.51. The molecule has 8 aromatic carbocycles. The van der Waals surface area contributed by atoms with Gasteiger partial charge in [-0.1, -0.05) is 127 Å². The molecule has 0 saturated heterocycles. The predicted molar refractivity (Wildman–Crippen MR) is 188 cm³/mol. The van der Waals surface area contributed by atoms with E-state index in [9.17, 15) is 0 Å². The van der Waals surface area contributed by atoms with Gasteiger partial charge in [0.1, 0.15) is 0 Å². The second kappa shape index (κ2) is 9.66. The standard InChI is InChI=1S/C42H26S/c1-2-11-28-24-30(21-20-27(28)10-1)29-12-9-13-31(25-29)41-34-15-3-5-17-36(34)42(37-18-6-4-16-35(37)41)32-22-23-40-38(26-32)33-14-7-8-19-39(33)43-40/h1-26H/i1D,19D. The Bertz CT molecular complexity index is 2570. The Hall–Kier alpha value is -5.24. The molecule has 1 aromatic heterocycles. The lowest BCUT2D eigenvalue weighted by atomic mass is 9.85. The summed E-state index contributed by atoms with van der Waals surface area (Å²) >= 11 is 1.70. The highest BCUT2D eigenvalue weighted by Crippen LogP contribution is 2.45. The van der Waals surface area contributed by atoms with E-state index in [1.165, 1.54) is 65.0 Å². The van der Waals surface area contributed by atoms with E-state index in [0.29, 0.717) is 12.1 Å². The van der Waals surface area contributed by atoms with Crippen molar-refractivity contribution in [3.63, 3.8) is 0 Å². The van der Waals surface area contributed by atoms with Crippen LogP contribution in [0.15, 0.2) is 158 Å². The van der Waals surface area contributed by atoms with E-state index in [-0.39, 0.29) is 0 Å². The van der Waals surface area contributed by atoms with E-state index in [0.717, 1.165) is 20.9 Å². The van der Waals surface area contributed by atoms with Crippen LogP contribution in [-0.4, -0.2) is 0 Å². The van der Waals surface area contributed by atoms with Crippen LogP contribution in [0.2, 0.25) is 0 Å². The van der Waals surface area contributed by atoms with Gasteiger partial charge in [0.2, 0.25) is 0 Å². The predicted octanol–water partition coefficient (Wildman–Crippen LogP) is 12.5. The molecule has 9 rings (SSSR count). The molecule has 9 aromatic rings. The zero-order valence-corrected chi connectivity index (χ0v) is 24.1. The van der Waals surface area contributed by atoms with E-state index in [1.807, 2.05) is 30.3 Å². The van der Waals surface area contributed by atoms with Gasteiger partial charge in [0.05, 0.1) is 2.74 Å². The van der Waals surface area contributed by atoms with Crippen LogP contribution in [0.1, 0.15) is 2.74 Å². The Labute approximate surface area is 256 Å². The molecular formula is C42H26S. The van der Waals surface area contributed by atoms with Crippen molar-refractivity contribution in [2.75, 3.05) is 0 Å². The fourth-order valence-corrected chi connectivity index (χ4v) is 7.77. The monoisotopic (exact) mass is 564 g/mol. The molecule has 1 heterocycles. The summed E-state index contributed by atoms with van der Waals surface area (Å²) in [6, 6.07) is 52.7. The van der Waals surface area contributed by atoms with Crippen molar-refractivity contribution < 1.29 is 2.74 Å². The van der Waals surface area contributed by atoms with E-state index < -0.39 is 0 Å². The summed E-state index contributed by atoms with van der Waals surface area (Å²) in [4.78, 5) is 0. The lowest BCUT2D eigenvalue weighted by Gasteiger charge is -2.18. The minimum atomic E-state index is 0.532. The molecule has 200 valence electrons. The Morgan fingerprint density at radius 3 is 1.77 bits per heavy atom. The van der Waals surface area contributed by atoms with Crippen LogP contribution in [0.5, 0.6) is 0 Å². The first kappa shape index (κ1) is 22.4. The fraction of sp³-hybridized carbons (Fsp3) is 0. The third-order valence-electron chi connectivity index (χ3n) is 8.69. The molecule has 0 nitrogen and oxygen atoms in total. The molecule has 0 spiro atoms. The number of fused-ring (bicyclic) bond motifs is 6. The molecule has 0 N–H and O–H groups in total. The zero-order chi connectivity index (χ0) is 30.1. The first-order chi connectivity index (χ1) is 22.1. The van der Waals surface area contributed by atoms with Crippen LogP contribution < -0.4 is 0 Å². The van der Waals surface area contributed by atoms with Crippen LogP contribution in [0.25, 0.3) is 85.9 Å². The van der Waals surface area contributed by atoms with Crippen molar-refractivity contribution in [3.05, 3.63) is 158 Å². The Balaban J connectivity index is 1.28. The van der Waals surface area contributed by atoms with Gasteiger partial charge in [-0.25, -0.2) is 0 Å². The highest BCUT2D eigenvalue weighted by Gasteiger charge is 2.17. The fourth-order valence-electron chi connectivity index (χ4n) is 6.72. The summed E-state index contributed by atoms with van der Waals surface area (Å²) in [6.07, 6.45) is 0. The minimum absolute atomic E-state index is 0.532. The number of hydrogen-bond donors (Lipinski definition) is 0. The second-order valence-electron chi connectivity index (χ2n) is 11.1. The normalized spacial score (nSPS) is 12.4. The van der Waals surface area contributed by atoms with Crippen molar-refractivity contribution in [2.45, 2.75) is 0 Å².